The van der Waals surface area contributed by atoms with E-state index in [1.165, 1.54) is 19.3 Å². The first-order valence-electron chi connectivity index (χ1n) is 21.6. The normalized spacial score (nSPS) is 13.8. The van der Waals surface area contributed by atoms with Crippen LogP contribution in [-0.4, -0.2) is 80.6 Å². The number of quaternary nitrogens is 1. The van der Waals surface area contributed by atoms with Gasteiger partial charge in [-0.05, 0) is 83.5 Å². The zero-order chi connectivity index (χ0) is 41.4. The first-order chi connectivity index (χ1) is 27.1. The summed E-state index contributed by atoms with van der Waals surface area (Å²) in [7, 11) is 5.50. The molecule has 0 fully saturated rings. The molecule has 0 heterocycles. The number of esters is 2. The molecule has 0 aromatic rings. The third-order valence-corrected chi connectivity index (χ3v) is 9.04. The highest BCUT2D eigenvalue weighted by Gasteiger charge is 2.31. The number of carbonyl (C=O) groups excluding carboxylic acids is 2. The maximum absolute atomic E-state index is 12.7. The van der Waals surface area contributed by atoms with Crippen LogP contribution in [0.1, 0.15) is 149 Å². The van der Waals surface area contributed by atoms with Crippen LogP contribution in [0.5, 0.6) is 0 Å². The number of ether oxygens (including phenoxy) is 3. The minimum atomic E-state index is -0.886. The SMILES string of the molecule is CC/C=C/C/C=C/C/C=C/C/C=C/CCCCCCCCCC(=O)OC(COCCC(C(=O)O)[N+](C)(C)C)COC(=O)CCCC/C=C/C/C=C/C/C=C/CC. The maximum atomic E-state index is 12.7. The molecule has 0 aliphatic heterocycles. The van der Waals surface area contributed by atoms with Gasteiger partial charge in [0.25, 0.3) is 0 Å². The van der Waals surface area contributed by atoms with E-state index in [2.05, 4.69) is 98.9 Å². The third-order valence-electron chi connectivity index (χ3n) is 9.04. The summed E-state index contributed by atoms with van der Waals surface area (Å²) in [5.74, 6) is -1.54. The standard InChI is InChI=1S/C48H79NO7/c1-6-8-10-12-14-16-18-20-21-22-23-24-25-26-27-29-31-33-35-37-39-47(51)56-44(42-54-41-40-45(48(52)53)49(3,4)5)43-55-46(50)38-36-34-32-30-28-19-17-15-13-11-9-7-2/h8-11,14-17,20-21,23-24,28,30,44-45H,6-7,12-13,18-19,22,25-27,29,31-43H2,1-5H3/p+1/b10-8+,11-9+,16-14+,17-15+,21-20+,24-23+,30-28+. The van der Waals surface area contributed by atoms with Crippen LogP contribution in [0.2, 0.25) is 0 Å². The number of carboxylic acids is 1. The number of hydrogen-bond donors (Lipinski definition) is 1. The van der Waals surface area contributed by atoms with Gasteiger partial charge in [0, 0.05) is 19.3 Å². The van der Waals surface area contributed by atoms with Gasteiger partial charge in [-0.25, -0.2) is 4.79 Å². The lowest BCUT2D eigenvalue weighted by Crippen LogP contribution is -2.50. The van der Waals surface area contributed by atoms with Gasteiger partial charge >= 0.3 is 17.9 Å². The molecule has 0 rings (SSSR count). The third kappa shape index (κ3) is 36.2. The monoisotopic (exact) mass is 783 g/mol. The van der Waals surface area contributed by atoms with E-state index in [9.17, 15) is 19.5 Å². The van der Waals surface area contributed by atoms with Crippen molar-refractivity contribution in [2.75, 3.05) is 41.0 Å². The Morgan fingerprint density at radius 2 is 0.946 bits per heavy atom. The molecule has 8 heteroatoms. The molecule has 2 atom stereocenters. The van der Waals surface area contributed by atoms with Gasteiger partial charge in [-0.3, -0.25) is 9.59 Å². The molecule has 0 spiro atoms. The van der Waals surface area contributed by atoms with Crippen LogP contribution in [0.25, 0.3) is 0 Å². The Hall–Kier alpha value is -3.49. The lowest BCUT2D eigenvalue weighted by Gasteiger charge is -2.31. The molecule has 0 aliphatic rings. The minimum absolute atomic E-state index is 0.0392. The Morgan fingerprint density at radius 3 is 1.43 bits per heavy atom. The number of rotatable bonds is 37. The van der Waals surface area contributed by atoms with Crippen LogP contribution in [0.4, 0.5) is 0 Å². The van der Waals surface area contributed by atoms with Gasteiger partial charge in [0.1, 0.15) is 6.61 Å². The number of carboxylic acid groups (broad SMARTS) is 1. The van der Waals surface area contributed by atoms with Crippen LogP contribution < -0.4 is 0 Å². The molecule has 0 radical (unpaired) electrons. The van der Waals surface area contributed by atoms with E-state index in [-0.39, 0.29) is 36.2 Å². The second-order valence-corrected chi connectivity index (χ2v) is 15.2. The van der Waals surface area contributed by atoms with Crippen molar-refractivity contribution >= 4 is 17.9 Å². The van der Waals surface area contributed by atoms with Crippen molar-refractivity contribution in [3.8, 4) is 0 Å². The highest BCUT2D eigenvalue weighted by atomic mass is 16.6. The van der Waals surface area contributed by atoms with E-state index in [1.807, 2.05) is 21.1 Å². The van der Waals surface area contributed by atoms with Gasteiger partial charge in [-0.2, -0.15) is 0 Å². The average molecular weight is 783 g/mol. The summed E-state index contributed by atoms with van der Waals surface area (Å²) in [6, 6.07) is -0.626. The van der Waals surface area contributed by atoms with Crippen LogP contribution in [0.15, 0.2) is 85.1 Å². The van der Waals surface area contributed by atoms with Gasteiger partial charge < -0.3 is 23.8 Å². The molecule has 0 saturated heterocycles. The Labute approximate surface area is 342 Å². The number of unbranched alkanes of at least 4 members (excludes halogenated alkanes) is 9. The molecular weight excluding hydrogens is 703 g/mol. The van der Waals surface area contributed by atoms with Crippen molar-refractivity contribution in [2.24, 2.45) is 0 Å². The predicted molar refractivity (Wildman–Crippen MR) is 233 cm³/mol. The molecule has 0 aromatic carbocycles. The topological polar surface area (TPSA) is 99.1 Å². The largest absolute Gasteiger partial charge is 0.477 e. The lowest BCUT2D eigenvalue weighted by molar-refractivity contribution is -0.887. The molecule has 0 aromatic heterocycles. The van der Waals surface area contributed by atoms with Gasteiger partial charge in [0.2, 0.25) is 0 Å². The first-order valence-corrected chi connectivity index (χ1v) is 21.6. The van der Waals surface area contributed by atoms with Crippen molar-refractivity contribution in [1.29, 1.82) is 0 Å². The molecule has 0 aliphatic carbocycles. The Kier molecular flexibility index (Phi) is 36.0. The second-order valence-electron chi connectivity index (χ2n) is 15.2. The molecule has 56 heavy (non-hydrogen) atoms. The van der Waals surface area contributed by atoms with Crippen LogP contribution in [0, 0.1) is 0 Å². The smallest absolute Gasteiger partial charge is 0.362 e. The van der Waals surface area contributed by atoms with E-state index in [0.717, 1.165) is 89.9 Å². The van der Waals surface area contributed by atoms with Crippen molar-refractivity contribution < 1.29 is 38.2 Å². The fraction of sp³-hybridized carbons (Fsp3) is 0.646. The summed E-state index contributed by atoms with van der Waals surface area (Å²) in [6.07, 6.45) is 49.2. The molecule has 0 saturated carbocycles. The van der Waals surface area contributed by atoms with Crippen LogP contribution >= 0.6 is 0 Å². The number of nitrogens with zero attached hydrogens (tertiary/aromatic N) is 1. The van der Waals surface area contributed by atoms with Crippen molar-refractivity contribution in [2.45, 2.75) is 161 Å². The zero-order valence-electron chi connectivity index (χ0n) is 36.1. The quantitative estimate of drug-likeness (QED) is 0.0290. The number of likely N-dealkylation sites (N-methyl/N-ethyl adjacent to an activating group) is 1. The fourth-order valence-corrected chi connectivity index (χ4v) is 5.74. The summed E-state index contributed by atoms with van der Waals surface area (Å²) in [6.45, 7) is 4.43. The summed E-state index contributed by atoms with van der Waals surface area (Å²) < 4.78 is 17.2. The molecule has 0 bridgehead atoms. The van der Waals surface area contributed by atoms with E-state index in [1.54, 1.807) is 0 Å². The Morgan fingerprint density at radius 1 is 0.536 bits per heavy atom. The van der Waals surface area contributed by atoms with E-state index >= 15 is 0 Å². The van der Waals surface area contributed by atoms with Gasteiger partial charge in [0.05, 0.1) is 34.4 Å². The van der Waals surface area contributed by atoms with Crippen molar-refractivity contribution in [3.05, 3.63) is 85.1 Å². The average Bonchev–Trinajstić information content (AvgIpc) is 3.15. The molecule has 0 amide bonds. The maximum Gasteiger partial charge on any atom is 0.362 e. The number of hydrogen-bond acceptors (Lipinski definition) is 6. The Balaban J connectivity index is 4.40. The van der Waals surface area contributed by atoms with Gasteiger partial charge in [-0.15, -0.1) is 0 Å². The fourth-order valence-electron chi connectivity index (χ4n) is 5.74. The van der Waals surface area contributed by atoms with Crippen LogP contribution in [-0.2, 0) is 28.6 Å². The second kappa shape index (κ2) is 38.4. The highest BCUT2D eigenvalue weighted by molar-refractivity contribution is 5.72. The van der Waals surface area contributed by atoms with Gasteiger partial charge in [-0.1, -0.05) is 131 Å². The molecule has 8 nitrogen and oxygen atoms in total. The summed E-state index contributed by atoms with van der Waals surface area (Å²) >= 11 is 0. The van der Waals surface area contributed by atoms with Crippen molar-refractivity contribution in [3.63, 3.8) is 0 Å². The minimum Gasteiger partial charge on any atom is -0.477 e. The molecule has 1 N–H and O–H groups in total. The van der Waals surface area contributed by atoms with E-state index in [0.29, 0.717) is 25.7 Å². The lowest BCUT2D eigenvalue weighted by atomic mass is 10.1. The Bertz CT molecular complexity index is 1190. The van der Waals surface area contributed by atoms with Crippen LogP contribution in [0.3, 0.4) is 0 Å². The molecule has 2 unspecified atom stereocenters. The molecule has 318 valence electrons. The number of allylic oxidation sites excluding steroid dienone is 14. The summed E-state index contributed by atoms with van der Waals surface area (Å²) in [5, 5.41) is 9.61. The number of carbonyl (C=O) groups is 3. The van der Waals surface area contributed by atoms with Crippen molar-refractivity contribution in [1.82, 2.24) is 0 Å². The highest BCUT2D eigenvalue weighted by Crippen LogP contribution is 2.13. The first kappa shape index (κ1) is 52.5. The zero-order valence-corrected chi connectivity index (χ0v) is 36.1. The number of aliphatic carboxylic acids is 1. The van der Waals surface area contributed by atoms with E-state index in [4.69, 9.17) is 14.2 Å². The summed E-state index contributed by atoms with van der Waals surface area (Å²) in [5.41, 5.74) is 0. The predicted octanol–water partition coefficient (Wildman–Crippen LogP) is 11.7. The van der Waals surface area contributed by atoms with E-state index < -0.39 is 18.1 Å². The summed E-state index contributed by atoms with van der Waals surface area (Å²) in [4.78, 5) is 36.9. The molecular formula is C48H80NO7+. The van der Waals surface area contributed by atoms with Gasteiger partial charge in [0.15, 0.2) is 12.1 Å².